The lowest BCUT2D eigenvalue weighted by Gasteiger charge is -2.50. The minimum Gasteiger partial charge on any atom is -0.376 e. The molecule has 9 nitrogen and oxygen atoms in total. The summed E-state index contributed by atoms with van der Waals surface area (Å²) >= 11 is 0. The van der Waals surface area contributed by atoms with Crippen LogP contribution < -0.4 is 4.90 Å². The Morgan fingerprint density at radius 1 is 1.10 bits per heavy atom. The number of hydrogen-bond donors (Lipinski definition) is 0. The average Bonchev–Trinajstić information content (AvgIpc) is 3.69. The van der Waals surface area contributed by atoms with E-state index in [1.807, 2.05) is 11.3 Å². The van der Waals surface area contributed by atoms with Gasteiger partial charge in [-0.3, -0.25) is 4.90 Å². The second-order valence-corrected chi connectivity index (χ2v) is 12.1. The Hall–Kier alpha value is -3.25. The molecule has 2 aliphatic heterocycles. The molecular weight excluding hydrogens is 545 g/mol. The molecule has 42 heavy (non-hydrogen) atoms. The molecular formula is C30H39F3N8O. The number of rotatable bonds is 7. The lowest BCUT2D eigenvalue weighted by atomic mass is 9.90. The first-order valence-electron chi connectivity index (χ1n) is 14.9. The zero-order chi connectivity index (χ0) is 29.8. The van der Waals surface area contributed by atoms with Crippen molar-refractivity contribution in [2.75, 3.05) is 24.6 Å². The molecule has 3 aromatic heterocycles. The summed E-state index contributed by atoms with van der Waals surface area (Å²) in [4.78, 5) is 14.8. The van der Waals surface area contributed by atoms with E-state index < -0.39 is 11.7 Å². The fraction of sp³-hybridized carbons (Fsp3) is 0.600. The van der Waals surface area contributed by atoms with Crippen LogP contribution in [-0.4, -0.2) is 71.9 Å². The highest BCUT2D eigenvalue weighted by Crippen LogP contribution is 2.38. The lowest BCUT2D eigenvalue weighted by Crippen LogP contribution is -2.59. The maximum absolute atomic E-state index is 13.3. The number of alkyl halides is 3. The molecule has 0 spiro atoms. The molecule has 0 radical (unpaired) electrons. The summed E-state index contributed by atoms with van der Waals surface area (Å²) < 4.78 is 49.9. The maximum Gasteiger partial charge on any atom is 0.416 e. The van der Waals surface area contributed by atoms with Crippen molar-refractivity contribution in [3.05, 3.63) is 47.5 Å². The van der Waals surface area contributed by atoms with E-state index in [0.717, 1.165) is 60.8 Å². The smallest absolute Gasteiger partial charge is 0.376 e. The number of benzene rings is 1. The van der Waals surface area contributed by atoms with Crippen LogP contribution in [0, 0.1) is 12.8 Å². The van der Waals surface area contributed by atoms with Gasteiger partial charge in [0.25, 0.3) is 5.78 Å². The van der Waals surface area contributed by atoms with E-state index in [1.54, 1.807) is 18.5 Å². The number of hydrogen-bond acceptors (Lipinski definition) is 7. The third kappa shape index (κ3) is 5.12. The average molecular weight is 585 g/mol. The van der Waals surface area contributed by atoms with Crippen molar-refractivity contribution in [1.29, 1.82) is 0 Å². The van der Waals surface area contributed by atoms with Crippen LogP contribution in [0.25, 0.3) is 16.9 Å². The van der Waals surface area contributed by atoms with Crippen molar-refractivity contribution in [3.63, 3.8) is 0 Å². The topological polar surface area (TPSA) is 76.6 Å². The quantitative estimate of drug-likeness (QED) is 0.277. The Balaban J connectivity index is 1.36. The molecule has 0 bridgehead atoms. The number of ether oxygens (including phenoxy) is 1. The summed E-state index contributed by atoms with van der Waals surface area (Å²) in [5, 5.41) is 8.47. The van der Waals surface area contributed by atoms with Gasteiger partial charge in [0, 0.05) is 37.8 Å². The monoisotopic (exact) mass is 584 g/mol. The van der Waals surface area contributed by atoms with Crippen LogP contribution in [0.1, 0.15) is 70.0 Å². The van der Waals surface area contributed by atoms with Crippen LogP contribution in [0.3, 0.4) is 0 Å². The molecule has 0 amide bonds. The molecule has 12 heteroatoms. The highest BCUT2D eigenvalue weighted by Gasteiger charge is 2.39. The Morgan fingerprint density at radius 3 is 2.50 bits per heavy atom. The minimum atomic E-state index is -4.35. The van der Waals surface area contributed by atoms with E-state index in [9.17, 15) is 13.2 Å². The highest BCUT2D eigenvalue weighted by atomic mass is 19.4. The van der Waals surface area contributed by atoms with Gasteiger partial charge in [-0.1, -0.05) is 32.9 Å². The van der Waals surface area contributed by atoms with Crippen LogP contribution in [0.15, 0.2) is 30.6 Å². The zero-order valence-electron chi connectivity index (χ0n) is 24.8. The normalized spacial score (nSPS) is 23.1. The number of aromatic nitrogens is 6. The van der Waals surface area contributed by atoms with Gasteiger partial charge in [-0.2, -0.15) is 18.2 Å². The van der Waals surface area contributed by atoms with Crippen molar-refractivity contribution in [1.82, 2.24) is 34.0 Å². The first-order chi connectivity index (χ1) is 20.1. The highest BCUT2D eigenvalue weighted by molar-refractivity contribution is 5.87. The molecule has 2 saturated heterocycles. The second-order valence-electron chi connectivity index (χ2n) is 12.1. The van der Waals surface area contributed by atoms with Gasteiger partial charge >= 0.3 is 6.18 Å². The van der Waals surface area contributed by atoms with Crippen LogP contribution in [0.4, 0.5) is 19.0 Å². The SMILES string of the molecule is CC[C@@H]1CN(c2nc3nncn3c3c2nc(C)n3CC2CCCO2)[C@@H](C)CN1[C@@H](c1ccc(C(F)(F)F)cc1)C(C)C. The van der Waals surface area contributed by atoms with Crippen molar-refractivity contribution in [2.45, 2.75) is 90.8 Å². The van der Waals surface area contributed by atoms with Gasteiger partial charge in [0.05, 0.1) is 18.2 Å². The third-order valence-corrected chi connectivity index (χ3v) is 8.91. The van der Waals surface area contributed by atoms with E-state index in [2.05, 4.69) is 52.3 Å². The number of imidazole rings is 1. The predicted octanol–water partition coefficient (Wildman–Crippen LogP) is 5.67. The summed E-state index contributed by atoms with van der Waals surface area (Å²) in [5.74, 6) is 2.42. The summed E-state index contributed by atoms with van der Waals surface area (Å²) in [7, 11) is 0. The van der Waals surface area contributed by atoms with Gasteiger partial charge in [-0.25, -0.2) is 9.38 Å². The van der Waals surface area contributed by atoms with Crippen LogP contribution in [0.5, 0.6) is 0 Å². The second kappa shape index (κ2) is 11.1. The Kier molecular flexibility index (Phi) is 7.63. The number of nitrogens with zero attached hydrogens (tertiary/aromatic N) is 8. The fourth-order valence-electron chi connectivity index (χ4n) is 6.85. The summed E-state index contributed by atoms with van der Waals surface area (Å²) in [6.07, 6.45) is 0.460. The molecule has 0 N–H and O–H groups in total. The molecule has 4 aromatic rings. The number of piperazine rings is 1. The van der Waals surface area contributed by atoms with Gasteiger partial charge < -0.3 is 14.2 Å². The Bertz CT molecular complexity index is 1540. The Morgan fingerprint density at radius 2 is 1.86 bits per heavy atom. The van der Waals surface area contributed by atoms with E-state index in [0.29, 0.717) is 18.9 Å². The minimum absolute atomic E-state index is 0.0124. The molecule has 0 saturated carbocycles. The summed E-state index contributed by atoms with van der Waals surface area (Å²) in [5.41, 5.74) is 2.02. The molecule has 5 heterocycles. The van der Waals surface area contributed by atoms with Gasteiger partial charge in [0.2, 0.25) is 0 Å². The molecule has 226 valence electrons. The fourth-order valence-corrected chi connectivity index (χ4v) is 6.85. The van der Waals surface area contributed by atoms with Crippen molar-refractivity contribution in [3.8, 4) is 0 Å². The summed E-state index contributed by atoms with van der Waals surface area (Å²) in [6.45, 7) is 13.6. The number of fused-ring (bicyclic) bond motifs is 3. The first-order valence-corrected chi connectivity index (χ1v) is 14.9. The van der Waals surface area contributed by atoms with Crippen LogP contribution in [-0.2, 0) is 17.5 Å². The van der Waals surface area contributed by atoms with Gasteiger partial charge in [-0.15, -0.1) is 10.2 Å². The van der Waals surface area contributed by atoms with Gasteiger partial charge in [-0.05, 0) is 56.7 Å². The number of anilines is 1. The Labute approximate surface area is 243 Å². The summed E-state index contributed by atoms with van der Waals surface area (Å²) in [6, 6.07) is 5.92. The van der Waals surface area contributed by atoms with Crippen molar-refractivity contribution < 1.29 is 17.9 Å². The molecule has 6 rings (SSSR count). The zero-order valence-corrected chi connectivity index (χ0v) is 24.8. The van der Waals surface area contributed by atoms with Crippen molar-refractivity contribution >= 4 is 22.8 Å². The van der Waals surface area contributed by atoms with E-state index in [4.69, 9.17) is 14.7 Å². The largest absolute Gasteiger partial charge is 0.416 e. The van der Waals surface area contributed by atoms with Gasteiger partial charge in [0.1, 0.15) is 17.7 Å². The number of aryl methyl sites for hydroxylation is 1. The molecule has 4 atom stereocenters. The predicted molar refractivity (Wildman–Crippen MR) is 154 cm³/mol. The lowest BCUT2D eigenvalue weighted by molar-refractivity contribution is -0.137. The first kappa shape index (κ1) is 28.9. The van der Waals surface area contributed by atoms with Gasteiger partial charge in [0.15, 0.2) is 11.5 Å². The molecule has 1 unspecified atom stereocenters. The van der Waals surface area contributed by atoms with Crippen LogP contribution in [0.2, 0.25) is 0 Å². The molecule has 2 fully saturated rings. The number of halogens is 3. The van der Waals surface area contributed by atoms with E-state index in [1.165, 1.54) is 12.1 Å². The van der Waals surface area contributed by atoms with E-state index in [-0.39, 0.29) is 30.1 Å². The van der Waals surface area contributed by atoms with Crippen molar-refractivity contribution in [2.24, 2.45) is 5.92 Å². The maximum atomic E-state index is 13.3. The molecule has 2 aliphatic rings. The third-order valence-electron chi connectivity index (χ3n) is 8.91. The molecule has 1 aromatic carbocycles. The van der Waals surface area contributed by atoms with E-state index >= 15 is 0 Å². The molecule has 0 aliphatic carbocycles. The van der Waals surface area contributed by atoms with Crippen LogP contribution >= 0.6 is 0 Å². The standard InChI is InChI=1S/C30H39F3N8O/c1-6-23-15-38(19(4)14-40(23)26(18(2)3)21-9-11-22(12-10-21)30(31,32)33)27-25-28(41-17-34-37-29(41)36-27)39(20(5)35-25)16-24-8-7-13-42-24/h9-12,17-19,23-24,26H,6-8,13-16H2,1-5H3/t19-,23+,24?,26+/m0/s1.